The average Bonchev–Trinajstić information content (AvgIpc) is 3.39. The molecule has 7 heteroatoms. The Balaban J connectivity index is 1.16. The molecule has 5 rings (SSSR count). The third kappa shape index (κ3) is 6.57. The van der Waals surface area contributed by atoms with Crippen LogP contribution in [0, 0.1) is 5.92 Å². The van der Waals surface area contributed by atoms with Crippen LogP contribution in [0.15, 0.2) is 108 Å². The van der Waals surface area contributed by atoms with E-state index in [0.717, 1.165) is 4.47 Å². The van der Waals surface area contributed by atoms with Crippen molar-refractivity contribution in [2.45, 2.75) is 25.7 Å². The maximum absolute atomic E-state index is 12.7. The van der Waals surface area contributed by atoms with E-state index in [9.17, 15) is 14.4 Å². The molecule has 1 aliphatic rings. The second-order valence-electron chi connectivity index (χ2n) is 10.6. The second-order valence-corrected chi connectivity index (χ2v) is 11.5. The molecule has 1 fully saturated rings. The van der Waals surface area contributed by atoms with Gasteiger partial charge in [0.25, 0.3) is 0 Å². The lowest BCUT2D eigenvalue weighted by atomic mass is 9.78. The molecule has 208 valence electrons. The van der Waals surface area contributed by atoms with Crippen molar-refractivity contribution in [3.8, 4) is 11.5 Å². The van der Waals surface area contributed by atoms with Gasteiger partial charge < -0.3 is 14.4 Å². The first-order chi connectivity index (χ1) is 19.7. The van der Waals surface area contributed by atoms with Gasteiger partial charge in [-0.3, -0.25) is 14.4 Å². The highest BCUT2D eigenvalue weighted by Crippen LogP contribution is 2.34. The zero-order valence-electron chi connectivity index (χ0n) is 22.9. The minimum absolute atomic E-state index is 0.0369. The molecule has 0 spiro atoms. The molecule has 0 aliphatic carbocycles. The molecule has 0 radical (unpaired) electrons. The highest BCUT2D eigenvalue weighted by molar-refractivity contribution is 9.10. The van der Waals surface area contributed by atoms with Crippen LogP contribution in [0.1, 0.15) is 41.8 Å². The first kappa shape index (κ1) is 28.3. The van der Waals surface area contributed by atoms with E-state index in [1.807, 2.05) is 18.2 Å². The highest BCUT2D eigenvalue weighted by atomic mass is 79.9. The van der Waals surface area contributed by atoms with Gasteiger partial charge in [-0.15, -0.1) is 0 Å². The number of ether oxygens (including phenoxy) is 2. The Morgan fingerprint density at radius 1 is 0.829 bits per heavy atom. The summed E-state index contributed by atoms with van der Waals surface area (Å²) >= 11 is 3.33. The lowest BCUT2D eigenvalue weighted by molar-refractivity contribution is -0.147. The largest absolute Gasteiger partial charge is 0.457 e. The Morgan fingerprint density at radius 3 is 2.05 bits per heavy atom. The number of Topliss-reactive ketones (excluding diaryl/α,β-unsaturated/α-hetero) is 1. The summed E-state index contributed by atoms with van der Waals surface area (Å²) in [5, 5.41) is 0. The molecule has 0 aromatic heterocycles. The van der Waals surface area contributed by atoms with E-state index < -0.39 is 11.9 Å². The van der Waals surface area contributed by atoms with Crippen LogP contribution in [-0.4, -0.2) is 30.8 Å². The fraction of sp³-hybridized carbons (Fsp3) is 0.206. The van der Waals surface area contributed by atoms with Gasteiger partial charge in [-0.2, -0.15) is 0 Å². The first-order valence-electron chi connectivity index (χ1n) is 13.4. The lowest BCUT2D eigenvalue weighted by Crippen LogP contribution is -2.27. The molecule has 0 saturated carbocycles. The van der Waals surface area contributed by atoms with Crippen molar-refractivity contribution < 1.29 is 23.9 Å². The van der Waals surface area contributed by atoms with Gasteiger partial charge in [0.1, 0.15) is 11.5 Å². The van der Waals surface area contributed by atoms with Crippen LogP contribution >= 0.6 is 15.9 Å². The van der Waals surface area contributed by atoms with E-state index in [2.05, 4.69) is 66.2 Å². The normalized spacial score (nSPS) is 15.0. The number of hydrogen-bond acceptors (Lipinski definition) is 5. The Hall–Kier alpha value is -4.23. The number of ketones is 1. The summed E-state index contributed by atoms with van der Waals surface area (Å²) in [6, 6.07) is 32.5. The summed E-state index contributed by atoms with van der Waals surface area (Å²) in [6.45, 7) is 4.24. The predicted molar refractivity (Wildman–Crippen MR) is 161 cm³/mol. The maximum Gasteiger partial charge on any atom is 0.311 e. The number of carbonyl (C=O) groups excluding carboxylic acids is 3. The summed E-state index contributed by atoms with van der Waals surface area (Å²) in [5.41, 5.74) is 3.42. The Bertz CT molecular complexity index is 1530. The molecule has 4 aromatic carbocycles. The molecule has 1 atom stereocenters. The molecule has 1 saturated heterocycles. The molecule has 1 amide bonds. The van der Waals surface area contributed by atoms with E-state index in [1.54, 1.807) is 53.4 Å². The van der Waals surface area contributed by atoms with Crippen LogP contribution in [0.25, 0.3) is 0 Å². The number of anilines is 1. The smallest absolute Gasteiger partial charge is 0.311 e. The van der Waals surface area contributed by atoms with E-state index in [0.29, 0.717) is 22.7 Å². The molecule has 1 heterocycles. The van der Waals surface area contributed by atoms with Crippen molar-refractivity contribution in [2.24, 2.45) is 5.92 Å². The number of halogens is 1. The average molecular weight is 613 g/mol. The summed E-state index contributed by atoms with van der Waals surface area (Å²) in [5.74, 6) is -0.297. The SMILES string of the molecule is CC(C)(c1ccccc1)c1ccc(Oc2ccc(N3C[C@@H](C(=O)OCC(=O)c4ccc(Br)cc4)CC3=O)cc2)cc1. The fourth-order valence-corrected chi connectivity index (χ4v) is 5.14. The highest BCUT2D eigenvalue weighted by Gasteiger charge is 2.36. The summed E-state index contributed by atoms with van der Waals surface area (Å²) < 4.78 is 12.1. The zero-order chi connectivity index (χ0) is 29.0. The summed E-state index contributed by atoms with van der Waals surface area (Å²) in [7, 11) is 0. The molecule has 4 aromatic rings. The van der Waals surface area contributed by atoms with Crippen molar-refractivity contribution >= 4 is 39.3 Å². The molecule has 0 bridgehead atoms. The Kier molecular flexibility index (Phi) is 8.36. The second kappa shape index (κ2) is 12.1. The van der Waals surface area contributed by atoms with E-state index in [-0.39, 0.29) is 36.7 Å². The number of amides is 1. The number of carbonyl (C=O) groups is 3. The van der Waals surface area contributed by atoms with Gasteiger partial charge in [0.05, 0.1) is 5.92 Å². The quantitative estimate of drug-likeness (QED) is 0.146. The minimum Gasteiger partial charge on any atom is -0.457 e. The van der Waals surface area contributed by atoms with Crippen LogP contribution < -0.4 is 9.64 Å². The minimum atomic E-state index is -0.630. The van der Waals surface area contributed by atoms with Crippen molar-refractivity contribution in [2.75, 3.05) is 18.1 Å². The number of rotatable bonds is 9. The topological polar surface area (TPSA) is 72.9 Å². The van der Waals surface area contributed by atoms with Crippen molar-refractivity contribution in [3.05, 3.63) is 124 Å². The Morgan fingerprint density at radius 2 is 1.41 bits per heavy atom. The molecule has 1 aliphatic heterocycles. The molecular weight excluding hydrogens is 582 g/mol. The van der Waals surface area contributed by atoms with E-state index in [1.165, 1.54) is 11.1 Å². The van der Waals surface area contributed by atoms with Gasteiger partial charge in [0.2, 0.25) is 5.91 Å². The van der Waals surface area contributed by atoms with Gasteiger partial charge in [-0.05, 0) is 59.7 Å². The third-order valence-corrected chi connectivity index (χ3v) is 7.95. The zero-order valence-corrected chi connectivity index (χ0v) is 24.5. The number of benzene rings is 4. The van der Waals surface area contributed by atoms with E-state index in [4.69, 9.17) is 9.47 Å². The van der Waals surface area contributed by atoms with Crippen molar-refractivity contribution in [1.29, 1.82) is 0 Å². The predicted octanol–water partition coefficient (Wildman–Crippen LogP) is 7.35. The van der Waals surface area contributed by atoms with Gasteiger partial charge in [0.15, 0.2) is 12.4 Å². The van der Waals surface area contributed by atoms with Crippen LogP contribution in [0.3, 0.4) is 0 Å². The monoisotopic (exact) mass is 611 g/mol. The number of nitrogens with zero attached hydrogens (tertiary/aromatic N) is 1. The Labute approximate surface area is 248 Å². The number of esters is 1. The standard InChI is InChI=1S/C34H30BrNO5/c1-34(2,25-6-4-3-5-7-25)26-10-16-29(17-11-26)41-30-18-14-28(15-19-30)36-21-24(20-32(36)38)33(39)40-22-31(37)23-8-12-27(35)13-9-23/h3-19,24H,20-22H2,1-2H3/t24-/m0/s1. The van der Waals surface area contributed by atoms with Crippen molar-refractivity contribution in [1.82, 2.24) is 0 Å². The van der Waals surface area contributed by atoms with Crippen LogP contribution in [-0.2, 0) is 19.7 Å². The van der Waals surface area contributed by atoms with Crippen LogP contribution in [0.5, 0.6) is 11.5 Å². The van der Waals surface area contributed by atoms with Crippen molar-refractivity contribution in [3.63, 3.8) is 0 Å². The molecule has 0 unspecified atom stereocenters. The molecule has 6 nitrogen and oxygen atoms in total. The van der Waals surface area contributed by atoms with Gasteiger partial charge in [-0.1, -0.05) is 84.4 Å². The molecular formula is C34H30BrNO5. The number of hydrogen-bond donors (Lipinski definition) is 0. The maximum atomic E-state index is 12.7. The third-order valence-electron chi connectivity index (χ3n) is 7.43. The summed E-state index contributed by atoms with van der Waals surface area (Å²) in [6.07, 6.45) is 0.0369. The van der Waals surface area contributed by atoms with E-state index >= 15 is 0 Å². The van der Waals surface area contributed by atoms with Gasteiger partial charge in [0, 0.05) is 34.1 Å². The molecule has 0 N–H and O–H groups in total. The summed E-state index contributed by atoms with van der Waals surface area (Å²) in [4.78, 5) is 39.2. The van der Waals surface area contributed by atoms with Crippen LogP contribution in [0.2, 0.25) is 0 Å². The lowest BCUT2D eigenvalue weighted by Gasteiger charge is -2.26. The first-order valence-corrected chi connectivity index (χ1v) is 14.2. The van der Waals surface area contributed by atoms with Gasteiger partial charge in [-0.25, -0.2) is 0 Å². The van der Waals surface area contributed by atoms with Gasteiger partial charge >= 0.3 is 5.97 Å². The fourth-order valence-electron chi connectivity index (χ4n) is 4.88. The molecule has 41 heavy (non-hydrogen) atoms. The van der Waals surface area contributed by atoms with Crippen LogP contribution in [0.4, 0.5) is 5.69 Å².